The van der Waals surface area contributed by atoms with Crippen LogP contribution in [0.4, 0.5) is 11.6 Å². The molecule has 5 heterocycles. The Morgan fingerprint density at radius 1 is 1.15 bits per heavy atom. The van der Waals surface area contributed by atoms with Gasteiger partial charge in [-0.05, 0) is 24.5 Å². The Labute approximate surface area is 210 Å². The number of morpholine rings is 1. The van der Waals surface area contributed by atoms with Gasteiger partial charge in [-0.25, -0.2) is 15.0 Å². The quantitative estimate of drug-likeness (QED) is 0.361. The third-order valence-electron chi connectivity index (χ3n) is 5.74. The summed E-state index contributed by atoms with van der Waals surface area (Å²) in [5.74, 6) is 2.41. The van der Waals surface area contributed by atoms with E-state index < -0.39 is 0 Å². The molecular weight excluding hydrogens is 470 g/mol. The number of nitrogens with zero attached hydrogens (tertiary/aromatic N) is 5. The van der Waals surface area contributed by atoms with Crippen LogP contribution >= 0.6 is 24.0 Å². The maximum atomic E-state index is 8.99. The second-order valence-electron chi connectivity index (χ2n) is 8.01. The lowest BCUT2D eigenvalue weighted by Gasteiger charge is -2.28. The number of hydrogen-bond donors (Lipinski definition) is 4. The number of aromatic nitrogens is 3. The van der Waals surface area contributed by atoms with Crippen molar-refractivity contribution in [3.63, 3.8) is 0 Å². The lowest BCUT2D eigenvalue weighted by atomic mass is 10.2. The average molecular weight is 504 g/mol. The Kier molecular flexibility index (Phi) is 9.31. The molecule has 0 bridgehead atoms. The van der Waals surface area contributed by atoms with Gasteiger partial charge in [0.25, 0.3) is 0 Å². The van der Waals surface area contributed by atoms with Crippen LogP contribution in [0.5, 0.6) is 0 Å². The maximum absolute atomic E-state index is 8.99. The Bertz CT molecular complexity index is 1040. The minimum atomic E-state index is 0.0700. The van der Waals surface area contributed by atoms with Gasteiger partial charge in [-0.1, -0.05) is 0 Å². The second kappa shape index (κ2) is 12.6. The number of piperazine rings is 1. The topological polar surface area (TPSA) is 98.7 Å². The van der Waals surface area contributed by atoms with Gasteiger partial charge in [-0.3, -0.25) is 4.90 Å². The van der Waals surface area contributed by atoms with Gasteiger partial charge in [-0.15, -0.1) is 11.3 Å². The van der Waals surface area contributed by atoms with E-state index in [1.54, 1.807) is 12.5 Å². The van der Waals surface area contributed by atoms with Crippen LogP contribution in [0.2, 0.25) is 0 Å². The zero-order valence-electron chi connectivity index (χ0n) is 19.5. The summed E-state index contributed by atoms with van der Waals surface area (Å²) in [6.45, 7) is 8.83. The van der Waals surface area contributed by atoms with Crippen molar-refractivity contribution < 1.29 is 9.84 Å². The van der Waals surface area contributed by atoms with Crippen LogP contribution in [-0.2, 0) is 11.3 Å². The van der Waals surface area contributed by atoms with Crippen LogP contribution < -0.4 is 15.5 Å². The van der Waals surface area contributed by atoms with E-state index in [0.717, 1.165) is 73.2 Å². The molecule has 9 nitrogen and oxygen atoms in total. The van der Waals surface area contributed by atoms with E-state index in [-0.39, 0.29) is 6.61 Å². The SMILES string of the molecule is CS.OCCNc1ccc(-c2nc(N3CCOCC3)c3sc(CN4CCNCC4)cc3n2)cn1. The molecule has 5 rings (SSSR count). The molecule has 0 radical (unpaired) electrons. The van der Waals surface area contributed by atoms with Crippen LogP contribution in [0.3, 0.4) is 0 Å². The van der Waals surface area contributed by atoms with Crippen molar-refractivity contribution >= 4 is 45.8 Å². The number of fused-ring (bicyclic) bond motifs is 1. The van der Waals surface area contributed by atoms with Crippen LogP contribution in [0.15, 0.2) is 24.4 Å². The van der Waals surface area contributed by atoms with E-state index in [1.165, 1.54) is 4.88 Å². The maximum Gasteiger partial charge on any atom is 0.163 e. The highest BCUT2D eigenvalue weighted by Gasteiger charge is 2.21. The Morgan fingerprint density at radius 2 is 1.94 bits per heavy atom. The summed E-state index contributed by atoms with van der Waals surface area (Å²) < 4.78 is 6.72. The second-order valence-corrected chi connectivity index (χ2v) is 9.14. The monoisotopic (exact) mass is 503 g/mol. The minimum absolute atomic E-state index is 0.0700. The molecule has 2 aliphatic rings. The van der Waals surface area contributed by atoms with Gasteiger partial charge >= 0.3 is 0 Å². The number of nitrogens with one attached hydrogen (secondary N) is 2. The lowest BCUT2D eigenvalue weighted by molar-refractivity contribution is 0.122. The van der Waals surface area contributed by atoms with Gasteiger partial charge in [0.1, 0.15) is 5.82 Å². The van der Waals surface area contributed by atoms with E-state index in [9.17, 15) is 0 Å². The smallest absolute Gasteiger partial charge is 0.163 e. The Balaban J connectivity index is 0.00000133. The van der Waals surface area contributed by atoms with Crippen molar-refractivity contribution in [3.8, 4) is 11.4 Å². The molecule has 2 aliphatic heterocycles. The number of rotatable bonds is 7. The first kappa shape index (κ1) is 25.1. The fourth-order valence-electron chi connectivity index (χ4n) is 4.07. The van der Waals surface area contributed by atoms with Gasteiger partial charge in [0.15, 0.2) is 11.6 Å². The highest BCUT2D eigenvalue weighted by Crippen LogP contribution is 2.35. The van der Waals surface area contributed by atoms with E-state index >= 15 is 0 Å². The highest BCUT2D eigenvalue weighted by atomic mass is 32.1. The van der Waals surface area contributed by atoms with E-state index in [2.05, 4.69) is 44.1 Å². The molecule has 2 fully saturated rings. The standard InChI is InChI=1S/C22H29N7O2S.CH4S/c30-10-5-24-19-2-1-16(14-25-19)21-26-18-13-17(15-28-6-3-23-4-7-28)32-20(18)22(27-21)29-8-11-31-12-9-29;1-2/h1-2,13-14,23,30H,3-12,15H2,(H,24,25);2H,1H3. The predicted molar refractivity (Wildman–Crippen MR) is 142 cm³/mol. The number of aliphatic hydroxyl groups is 1. The van der Waals surface area contributed by atoms with Crippen molar-refractivity contribution in [2.24, 2.45) is 0 Å². The van der Waals surface area contributed by atoms with Crippen LogP contribution in [0.25, 0.3) is 21.6 Å². The van der Waals surface area contributed by atoms with Crippen molar-refractivity contribution in [3.05, 3.63) is 29.3 Å². The summed E-state index contributed by atoms with van der Waals surface area (Å²) in [6, 6.07) is 6.10. The number of thiol groups is 1. The number of ether oxygens (including phenoxy) is 1. The molecule has 3 aromatic heterocycles. The molecule has 0 aliphatic carbocycles. The van der Waals surface area contributed by atoms with Gasteiger partial charge in [-0.2, -0.15) is 12.6 Å². The minimum Gasteiger partial charge on any atom is -0.395 e. The molecule has 0 spiro atoms. The molecule has 0 amide bonds. The van der Waals surface area contributed by atoms with E-state index in [0.29, 0.717) is 25.6 Å². The van der Waals surface area contributed by atoms with E-state index in [4.69, 9.17) is 19.8 Å². The van der Waals surface area contributed by atoms with Crippen LogP contribution in [0, 0.1) is 0 Å². The average Bonchev–Trinajstić information content (AvgIpc) is 3.31. The van der Waals surface area contributed by atoms with Crippen molar-refractivity contribution in [2.75, 3.05) is 82.1 Å². The van der Waals surface area contributed by atoms with Crippen molar-refractivity contribution in [1.82, 2.24) is 25.2 Å². The summed E-state index contributed by atoms with van der Waals surface area (Å²) in [5, 5.41) is 15.5. The van der Waals surface area contributed by atoms with Crippen molar-refractivity contribution in [1.29, 1.82) is 0 Å². The molecule has 11 heteroatoms. The number of aliphatic hydroxyl groups excluding tert-OH is 1. The Hall–Kier alpha value is -2.02. The van der Waals surface area contributed by atoms with Gasteiger partial charge in [0, 0.05) is 69.0 Å². The van der Waals surface area contributed by atoms with Gasteiger partial charge in [0.2, 0.25) is 0 Å². The molecular formula is C23H33N7O2S2. The predicted octanol–water partition coefficient (Wildman–Crippen LogP) is 1.95. The molecule has 0 aromatic carbocycles. The van der Waals surface area contributed by atoms with Crippen LogP contribution in [-0.4, -0.2) is 96.8 Å². The zero-order valence-corrected chi connectivity index (χ0v) is 21.2. The summed E-state index contributed by atoms with van der Waals surface area (Å²) in [5.41, 5.74) is 1.87. The van der Waals surface area contributed by atoms with E-state index in [1.807, 2.05) is 23.5 Å². The zero-order chi connectivity index (χ0) is 23.8. The third-order valence-corrected chi connectivity index (χ3v) is 6.85. The molecule has 3 N–H and O–H groups in total. The molecule has 2 saturated heterocycles. The summed E-state index contributed by atoms with van der Waals surface area (Å²) in [4.78, 5) is 20.5. The lowest BCUT2D eigenvalue weighted by Crippen LogP contribution is -2.42. The van der Waals surface area contributed by atoms with Gasteiger partial charge < -0.3 is 25.4 Å². The molecule has 0 saturated carbocycles. The molecule has 0 atom stereocenters. The molecule has 184 valence electrons. The number of thiophene rings is 1. The number of anilines is 2. The number of pyridine rings is 1. The van der Waals surface area contributed by atoms with Crippen LogP contribution in [0.1, 0.15) is 4.88 Å². The Morgan fingerprint density at radius 3 is 2.65 bits per heavy atom. The van der Waals surface area contributed by atoms with Crippen molar-refractivity contribution in [2.45, 2.75) is 6.54 Å². The third kappa shape index (κ3) is 6.15. The fourth-order valence-corrected chi connectivity index (χ4v) is 5.22. The highest BCUT2D eigenvalue weighted by molar-refractivity contribution is 7.79. The largest absolute Gasteiger partial charge is 0.395 e. The molecule has 34 heavy (non-hydrogen) atoms. The first-order valence-electron chi connectivity index (χ1n) is 11.6. The summed E-state index contributed by atoms with van der Waals surface area (Å²) >= 11 is 5.34. The first-order chi connectivity index (χ1) is 16.8. The molecule has 0 unspecified atom stereocenters. The van der Waals surface area contributed by atoms with Gasteiger partial charge in [0.05, 0.1) is 30.0 Å². The normalized spacial score (nSPS) is 16.9. The molecule has 3 aromatic rings. The first-order valence-corrected chi connectivity index (χ1v) is 13.3. The summed E-state index contributed by atoms with van der Waals surface area (Å²) in [7, 11) is 0. The summed E-state index contributed by atoms with van der Waals surface area (Å²) in [6.07, 6.45) is 3.48. The fraction of sp³-hybridized carbons (Fsp3) is 0.522. The number of hydrogen-bond acceptors (Lipinski definition) is 11.